The van der Waals surface area contributed by atoms with Crippen molar-refractivity contribution < 1.29 is 26.3 Å². The molecule has 1 N–H and O–H groups in total. The number of rotatable bonds is 1. The number of aromatic nitrogens is 1. The molecule has 112 valence electrons. The zero-order valence-corrected chi connectivity index (χ0v) is 10.1. The Kier molecular flexibility index (Phi) is 3.56. The molecule has 1 aromatic heterocycles. The van der Waals surface area contributed by atoms with Crippen molar-refractivity contribution in [1.82, 2.24) is 4.98 Å². The van der Waals surface area contributed by atoms with E-state index in [-0.39, 0.29) is 5.56 Å². The van der Waals surface area contributed by atoms with E-state index in [1.807, 2.05) is 4.98 Å². The normalized spacial score (nSPS) is 12.5. The molecule has 0 fully saturated rings. The number of hydrogen-bond acceptors (Lipinski definition) is 1. The largest absolute Gasteiger partial charge is 0.417 e. The minimum Gasteiger partial charge on any atom is -0.328 e. The SMILES string of the molecule is O=c1[nH]cc(C(F)(F)F)cc1-c1cccc(C(F)(F)F)c1. The third kappa shape index (κ3) is 3.26. The van der Waals surface area contributed by atoms with Gasteiger partial charge < -0.3 is 4.98 Å². The van der Waals surface area contributed by atoms with Crippen LogP contribution in [-0.4, -0.2) is 4.98 Å². The lowest BCUT2D eigenvalue weighted by Gasteiger charge is -2.10. The fourth-order valence-corrected chi connectivity index (χ4v) is 1.72. The Labute approximate surface area is 114 Å². The van der Waals surface area contributed by atoms with Crippen LogP contribution in [0.5, 0.6) is 0 Å². The Morgan fingerprint density at radius 3 is 2.05 bits per heavy atom. The first kappa shape index (κ1) is 15.1. The number of pyridine rings is 1. The maximum absolute atomic E-state index is 12.6. The van der Waals surface area contributed by atoms with E-state index in [9.17, 15) is 31.1 Å². The van der Waals surface area contributed by atoms with Crippen LogP contribution in [0.15, 0.2) is 41.3 Å². The molecule has 0 bridgehead atoms. The Morgan fingerprint density at radius 2 is 1.48 bits per heavy atom. The second kappa shape index (κ2) is 4.94. The maximum Gasteiger partial charge on any atom is 0.417 e. The molecule has 0 aliphatic rings. The Hall–Kier alpha value is -2.25. The zero-order chi connectivity index (χ0) is 15.8. The summed E-state index contributed by atoms with van der Waals surface area (Å²) in [6.07, 6.45) is -8.88. The van der Waals surface area contributed by atoms with E-state index in [4.69, 9.17) is 0 Å². The van der Waals surface area contributed by atoms with E-state index < -0.39 is 34.6 Å². The number of H-pyrrole nitrogens is 1. The molecule has 0 radical (unpaired) electrons. The summed E-state index contributed by atoms with van der Waals surface area (Å²) in [7, 11) is 0. The van der Waals surface area contributed by atoms with Crippen LogP contribution in [0.2, 0.25) is 0 Å². The summed E-state index contributed by atoms with van der Waals surface area (Å²) >= 11 is 0. The van der Waals surface area contributed by atoms with Crippen molar-refractivity contribution in [2.24, 2.45) is 0 Å². The van der Waals surface area contributed by atoms with Gasteiger partial charge in [-0.15, -0.1) is 0 Å². The van der Waals surface area contributed by atoms with Gasteiger partial charge in [-0.3, -0.25) is 4.79 Å². The van der Waals surface area contributed by atoms with E-state index in [2.05, 4.69) is 0 Å². The fourth-order valence-electron chi connectivity index (χ4n) is 1.72. The highest BCUT2D eigenvalue weighted by molar-refractivity contribution is 5.64. The van der Waals surface area contributed by atoms with Gasteiger partial charge in [-0.05, 0) is 23.8 Å². The molecule has 0 saturated heterocycles. The number of alkyl halides is 6. The number of benzene rings is 1. The highest BCUT2D eigenvalue weighted by atomic mass is 19.4. The summed E-state index contributed by atoms with van der Waals surface area (Å²) in [6.45, 7) is 0. The average Bonchev–Trinajstić information content (AvgIpc) is 2.37. The average molecular weight is 307 g/mol. The van der Waals surface area contributed by atoms with Crippen molar-refractivity contribution in [1.29, 1.82) is 0 Å². The lowest BCUT2D eigenvalue weighted by Crippen LogP contribution is -2.14. The zero-order valence-electron chi connectivity index (χ0n) is 10.1. The fraction of sp³-hybridized carbons (Fsp3) is 0.154. The monoisotopic (exact) mass is 307 g/mol. The molecular weight excluding hydrogens is 300 g/mol. The molecule has 2 aromatic rings. The van der Waals surface area contributed by atoms with Crippen molar-refractivity contribution in [3.63, 3.8) is 0 Å². The topological polar surface area (TPSA) is 32.9 Å². The number of nitrogens with one attached hydrogen (secondary N) is 1. The summed E-state index contributed by atoms with van der Waals surface area (Å²) in [5.74, 6) is 0. The van der Waals surface area contributed by atoms with Gasteiger partial charge in [0.1, 0.15) is 0 Å². The molecule has 8 heteroatoms. The quantitative estimate of drug-likeness (QED) is 0.791. The van der Waals surface area contributed by atoms with Crippen LogP contribution in [0, 0.1) is 0 Å². The third-order valence-corrected chi connectivity index (χ3v) is 2.73. The van der Waals surface area contributed by atoms with Gasteiger partial charge in [-0.2, -0.15) is 26.3 Å². The van der Waals surface area contributed by atoms with Gasteiger partial charge in [0.05, 0.1) is 11.1 Å². The molecule has 0 unspecified atom stereocenters. The van der Waals surface area contributed by atoms with Crippen LogP contribution in [0.25, 0.3) is 11.1 Å². The molecule has 0 saturated carbocycles. The standard InChI is InChI=1S/C13H7F6NO/c14-12(15,16)8-3-1-2-7(4-8)10-5-9(13(17,18)19)6-20-11(10)21/h1-6H,(H,20,21). The molecule has 1 heterocycles. The molecule has 2 rings (SSSR count). The highest BCUT2D eigenvalue weighted by Gasteiger charge is 2.32. The number of hydrogen-bond donors (Lipinski definition) is 1. The van der Waals surface area contributed by atoms with Crippen LogP contribution in [0.4, 0.5) is 26.3 Å². The molecule has 21 heavy (non-hydrogen) atoms. The second-order valence-electron chi connectivity index (χ2n) is 4.21. The summed E-state index contributed by atoms with van der Waals surface area (Å²) in [6, 6.07) is 4.09. The molecule has 0 spiro atoms. The third-order valence-electron chi connectivity index (χ3n) is 2.73. The molecule has 0 atom stereocenters. The van der Waals surface area contributed by atoms with Gasteiger partial charge in [-0.25, -0.2) is 0 Å². The highest BCUT2D eigenvalue weighted by Crippen LogP contribution is 2.33. The van der Waals surface area contributed by atoms with Crippen LogP contribution in [-0.2, 0) is 12.4 Å². The lowest BCUT2D eigenvalue weighted by molar-refractivity contribution is -0.138. The predicted octanol–water partition coefficient (Wildman–Crippen LogP) is 4.08. The Bertz CT molecular complexity index is 714. The van der Waals surface area contributed by atoms with Crippen LogP contribution in [0.3, 0.4) is 0 Å². The predicted molar refractivity (Wildman–Crippen MR) is 62.5 cm³/mol. The molecule has 1 aromatic carbocycles. The van der Waals surface area contributed by atoms with E-state index >= 15 is 0 Å². The minimum atomic E-state index is -4.71. The van der Waals surface area contributed by atoms with E-state index in [0.717, 1.165) is 18.2 Å². The van der Waals surface area contributed by atoms with E-state index in [1.54, 1.807) is 0 Å². The van der Waals surface area contributed by atoms with Gasteiger partial charge in [0.15, 0.2) is 0 Å². The lowest BCUT2D eigenvalue weighted by atomic mass is 10.0. The first-order chi connectivity index (χ1) is 9.59. The van der Waals surface area contributed by atoms with Gasteiger partial charge in [0, 0.05) is 11.8 Å². The number of halogens is 6. The van der Waals surface area contributed by atoms with Crippen molar-refractivity contribution in [3.8, 4) is 11.1 Å². The maximum atomic E-state index is 12.6. The number of aromatic amines is 1. The summed E-state index contributed by atoms with van der Waals surface area (Å²) < 4.78 is 75.5. The van der Waals surface area contributed by atoms with E-state index in [1.165, 1.54) is 0 Å². The Morgan fingerprint density at radius 1 is 0.857 bits per heavy atom. The summed E-state index contributed by atoms with van der Waals surface area (Å²) in [5, 5.41) is 0. The first-order valence-corrected chi connectivity index (χ1v) is 5.56. The van der Waals surface area contributed by atoms with E-state index in [0.29, 0.717) is 18.3 Å². The molecule has 2 nitrogen and oxygen atoms in total. The molecule has 0 aliphatic heterocycles. The second-order valence-corrected chi connectivity index (χ2v) is 4.21. The van der Waals surface area contributed by atoms with Crippen LogP contribution < -0.4 is 5.56 Å². The van der Waals surface area contributed by atoms with Crippen LogP contribution in [0.1, 0.15) is 11.1 Å². The first-order valence-electron chi connectivity index (χ1n) is 5.56. The molecular formula is C13H7F6NO. The summed E-state index contributed by atoms with van der Waals surface area (Å²) in [4.78, 5) is 13.4. The van der Waals surface area contributed by atoms with Gasteiger partial charge in [0.25, 0.3) is 5.56 Å². The van der Waals surface area contributed by atoms with Gasteiger partial charge >= 0.3 is 12.4 Å². The van der Waals surface area contributed by atoms with Gasteiger partial charge in [-0.1, -0.05) is 12.1 Å². The van der Waals surface area contributed by atoms with Crippen molar-refractivity contribution in [3.05, 3.63) is 58.0 Å². The molecule has 0 aliphatic carbocycles. The minimum absolute atomic E-state index is 0.239. The summed E-state index contributed by atoms with van der Waals surface area (Å²) in [5.41, 5.74) is -3.80. The smallest absolute Gasteiger partial charge is 0.328 e. The van der Waals surface area contributed by atoms with Crippen molar-refractivity contribution in [2.45, 2.75) is 12.4 Å². The van der Waals surface area contributed by atoms with Crippen molar-refractivity contribution >= 4 is 0 Å². The Balaban J connectivity index is 2.60. The van der Waals surface area contributed by atoms with Crippen LogP contribution >= 0.6 is 0 Å². The van der Waals surface area contributed by atoms with Gasteiger partial charge in [0.2, 0.25) is 0 Å². The van der Waals surface area contributed by atoms with Crippen molar-refractivity contribution in [2.75, 3.05) is 0 Å². The molecule has 0 amide bonds.